The van der Waals surface area contributed by atoms with Crippen molar-refractivity contribution in [3.05, 3.63) is 36.7 Å². The van der Waals surface area contributed by atoms with Crippen LogP contribution in [0.4, 0.5) is 0 Å². The molecule has 1 aliphatic rings. The highest BCUT2D eigenvalue weighted by atomic mass is 32.2. The second-order valence-electron chi connectivity index (χ2n) is 4.86. The van der Waals surface area contributed by atoms with Crippen molar-refractivity contribution in [3.8, 4) is 5.69 Å². The summed E-state index contributed by atoms with van der Waals surface area (Å²) in [6, 6.07) is 9.87. The molecule has 0 aliphatic heterocycles. The molecule has 1 N–H and O–H groups in total. The Morgan fingerprint density at radius 2 is 2.15 bits per heavy atom. The quantitative estimate of drug-likeness (QED) is 0.825. The molecule has 1 aromatic carbocycles. The fourth-order valence-electron chi connectivity index (χ4n) is 1.85. The third-order valence-electron chi connectivity index (χ3n) is 3.17. The number of amides is 1. The number of carbonyl (C=O) groups is 1. The van der Waals surface area contributed by atoms with Crippen LogP contribution in [0.25, 0.3) is 5.69 Å². The van der Waals surface area contributed by atoms with E-state index >= 15 is 0 Å². The van der Waals surface area contributed by atoms with Crippen LogP contribution >= 0.6 is 11.8 Å². The Bertz CT molecular complexity index is 580. The number of hydrogen-bond acceptors (Lipinski definition) is 4. The summed E-state index contributed by atoms with van der Waals surface area (Å²) < 4.78 is 1.89. The van der Waals surface area contributed by atoms with Crippen LogP contribution in [-0.2, 0) is 4.79 Å². The predicted octanol–water partition coefficient (Wildman–Crippen LogP) is 1.89. The van der Waals surface area contributed by atoms with E-state index in [4.69, 9.17) is 0 Å². The second kappa shape index (κ2) is 6.09. The molecule has 6 heteroatoms. The monoisotopic (exact) mass is 288 g/mol. The fourth-order valence-corrected chi connectivity index (χ4v) is 2.61. The van der Waals surface area contributed by atoms with E-state index in [9.17, 15) is 4.79 Å². The Morgan fingerprint density at radius 3 is 2.90 bits per heavy atom. The smallest absolute Gasteiger partial charge is 0.230 e. The largest absolute Gasteiger partial charge is 0.355 e. The van der Waals surface area contributed by atoms with Crippen LogP contribution in [-0.4, -0.2) is 33.0 Å². The molecule has 20 heavy (non-hydrogen) atoms. The SMILES string of the molecule is O=C(CSc1nncn1-c1ccccc1)NCC1CC1. The minimum absolute atomic E-state index is 0.0597. The highest BCUT2D eigenvalue weighted by Crippen LogP contribution is 2.27. The zero-order valence-electron chi connectivity index (χ0n) is 11.0. The standard InChI is InChI=1S/C14H16N4OS/c19-13(15-8-11-6-7-11)9-20-14-17-16-10-18(14)12-4-2-1-3-5-12/h1-5,10-11H,6-9H2,(H,15,19). The number of thioether (sulfide) groups is 1. The van der Waals surface area contributed by atoms with E-state index in [1.54, 1.807) is 6.33 Å². The third kappa shape index (κ3) is 3.39. The number of hydrogen-bond donors (Lipinski definition) is 1. The number of para-hydroxylation sites is 1. The van der Waals surface area contributed by atoms with Gasteiger partial charge in [0, 0.05) is 12.2 Å². The van der Waals surface area contributed by atoms with Gasteiger partial charge in [-0.3, -0.25) is 9.36 Å². The van der Waals surface area contributed by atoms with Crippen molar-refractivity contribution >= 4 is 17.7 Å². The maximum Gasteiger partial charge on any atom is 0.230 e. The number of nitrogens with zero attached hydrogens (tertiary/aromatic N) is 3. The topological polar surface area (TPSA) is 59.8 Å². The van der Waals surface area contributed by atoms with E-state index in [-0.39, 0.29) is 5.91 Å². The van der Waals surface area contributed by atoms with Crippen LogP contribution in [0.5, 0.6) is 0 Å². The summed E-state index contributed by atoms with van der Waals surface area (Å²) in [7, 11) is 0. The molecule has 0 saturated heterocycles. The molecule has 0 atom stereocenters. The van der Waals surface area contributed by atoms with Crippen LogP contribution in [0.1, 0.15) is 12.8 Å². The zero-order valence-corrected chi connectivity index (χ0v) is 11.8. The molecule has 0 unspecified atom stereocenters. The number of benzene rings is 1. The van der Waals surface area contributed by atoms with E-state index in [0.29, 0.717) is 11.7 Å². The van der Waals surface area contributed by atoms with Gasteiger partial charge in [-0.15, -0.1) is 10.2 Å². The second-order valence-corrected chi connectivity index (χ2v) is 5.80. The maximum absolute atomic E-state index is 11.7. The van der Waals surface area contributed by atoms with Gasteiger partial charge in [0.15, 0.2) is 5.16 Å². The van der Waals surface area contributed by atoms with Crippen LogP contribution in [0.15, 0.2) is 41.8 Å². The van der Waals surface area contributed by atoms with E-state index in [1.165, 1.54) is 24.6 Å². The molecule has 2 aromatic rings. The molecule has 5 nitrogen and oxygen atoms in total. The molecule has 1 aliphatic carbocycles. The highest BCUT2D eigenvalue weighted by Gasteiger charge is 2.21. The number of carbonyl (C=O) groups excluding carboxylic acids is 1. The van der Waals surface area contributed by atoms with Crippen LogP contribution in [0.3, 0.4) is 0 Å². The zero-order chi connectivity index (χ0) is 13.8. The highest BCUT2D eigenvalue weighted by molar-refractivity contribution is 7.99. The molecule has 1 fully saturated rings. The predicted molar refractivity (Wildman–Crippen MR) is 77.8 cm³/mol. The Balaban J connectivity index is 1.57. The maximum atomic E-state index is 11.7. The molecular formula is C14H16N4OS. The summed E-state index contributed by atoms with van der Waals surface area (Å²) in [5.74, 6) is 1.14. The van der Waals surface area contributed by atoms with Gasteiger partial charge >= 0.3 is 0 Å². The van der Waals surface area contributed by atoms with E-state index in [1.807, 2.05) is 34.9 Å². The first kappa shape index (κ1) is 13.2. The summed E-state index contributed by atoms with van der Waals surface area (Å²) in [4.78, 5) is 11.7. The fraction of sp³-hybridized carbons (Fsp3) is 0.357. The first-order valence-corrected chi connectivity index (χ1v) is 7.66. The van der Waals surface area contributed by atoms with Crippen molar-refractivity contribution in [2.24, 2.45) is 5.92 Å². The van der Waals surface area contributed by atoms with E-state index in [0.717, 1.165) is 17.4 Å². The molecule has 1 aromatic heterocycles. The minimum Gasteiger partial charge on any atom is -0.355 e. The van der Waals surface area contributed by atoms with Crippen LogP contribution in [0, 0.1) is 5.92 Å². The van der Waals surface area contributed by atoms with Crippen molar-refractivity contribution in [1.29, 1.82) is 0 Å². The average Bonchev–Trinajstić information content (AvgIpc) is 3.20. The van der Waals surface area contributed by atoms with Gasteiger partial charge in [-0.05, 0) is 30.9 Å². The van der Waals surface area contributed by atoms with Crippen molar-refractivity contribution in [3.63, 3.8) is 0 Å². The van der Waals surface area contributed by atoms with E-state index < -0.39 is 0 Å². The number of aromatic nitrogens is 3. The molecule has 0 radical (unpaired) electrons. The lowest BCUT2D eigenvalue weighted by Crippen LogP contribution is -2.27. The Morgan fingerprint density at radius 1 is 1.35 bits per heavy atom. The molecule has 0 spiro atoms. The lowest BCUT2D eigenvalue weighted by molar-refractivity contribution is -0.118. The third-order valence-corrected chi connectivity index (χ3v) is 4.11. The summed E-state index contributed by atoms with van der Waals surface area (Å²) in [6.45, 7) is 0.810. The number of rotatable bonds is 6. The Kier molecular flexibility index (Phi) is 4.01. The van der Waals surface area contributed by atoms with Gasteiger partial charge in [-0.1, -0.05) is 30.0 Å². The lowest BCUT2D eigenvalue weighted by Gasteiger charge is -2.06. The van der Waals surface area contributed by atoms with Crippen molar-refractivity contribution in [2.75, 3.05) is 12.3 Å². The first-order valence-electron chi connectivity index (χ1n) is 6.68. The lowest BCUT2D eigenvalue weighted by atomic mass is 10.3. The van der Waals surface area contributed by atoms with Gasteiger partial charge in [0.25, 0.3) is 0 Å². The molecule has 104 valence electrons. The molecule has 1 saturated carbocycles. The van der Waals surface area contributed by atoms with Crippen LogP contribution in [0.2, 0.25) is 0 Å². The van der Waals surface area contributed by atoms with Gasteiger partial charge in [-0.25, -0.2) is 0 Å². The number of nitrogens with one attached hydrogen (secondary N) is 1. The van der Waals surface area contributed by atoms with Gasteiger partial charge in [-0.2, -0.15) is 0 Å². The summed E-state index contributed by atoms with van der Waals surface area (Å²) in [5.41, 5.74) is 0.999. The average molecular weight is 288 g/mol. The molecule has 1 amide bonds. The Hall–Kier alpha value is -1.82. The first-order chi connectivity index (χ1) is 9.83. The Labute approximate surface area is 121 Å². The van der Waals surface area contributed by atoms with Gasteiger partial charge < -0.3 is 5.32 Å². The molecular weight excluding hydrogens is 272 g/mol. The molecule has 3 rings (SSSR count). The van der Waals surface area contributed by atoms with Gasteiger partial charge in [0.1, 0.15) is 6.33 Å². The summed E-state index contributed by atoms with van der Waals surface area (Å²) in [6.07, 6.45) is 4.16. The van der Waals surface area contributed by atoms with Crippen molar-refractivity contribution in [1.82, 2.24) is 20.1 Å². The van der Waals surface area contributed by atoms with E-state index in [2.05, 4.69) is 15.5 Å². The summed E-state index contributed by atoms with van der Waals surface area (Å²) >= 11 is 1.41. The molecule has 1 heterocycles. The van der Waals surface area contributed by atoms with Crippen molar-refractivity contribution < 1.29 is 4.79 Å². The summed E-state index contributed by atoms with van der Waals surface area (Å²) in [5, 5.41) is 11.7. The van der Waals surface area contributed by atoms with Crippen LogP contribution < -0.4 is 5.32 Å². The minimum atomic E-state index is 0.0597. The van der Waals surface area contributed by atoms with Crippen molar-refractivity contribution in [2.45, 2.75) is 18.0 Å². The van der Waals surface area contributed by atoms with Gasteiger partial charge in [0.2, 0.25) is 5.91 Å². The normalized spacial score (nSPS) is 14.2. The molecule has 0 bridgehead atoms. The van der Waals surface area contributed by atoms with Gasteiger partial charge in [0.05, 0.1) is 5.75 Å².